The van der Waals surface area contributed by atoms with Crippen LogP contribution in [0.4, 0.5) is 0 Å². The van der Waals surface area contributed by atoms with Gasteiger partial charge in [-0.2, -0.15) is 5.10 Å². The number of hydrogen-bond donors (Lipinski definition) is 0. The normalized spacial score (nSPS) is 27.8. The molecule has 5 heteroatoms. The molecule has 0 N–H and O–H groups in total. The van der Waals surface area contributed by atoms with E-state index in [0.717, 1.165) is 12.1 Å². The summed E-state index contributed by atoms with van der Waals surface area (Å²) in [4.78, 5) is 0. The predicted molar refractivity (Wildman–Crippen MR) is 67.7 cm³/mol. The molecule has 17 heavy (non-hydrogen) atoms. The third-order valence-corrected chi connectivity index (χ3v) is 5.19. The van der Waals surface area contributed by atoms with Crippen molar-refractivity contribution < 1.29 is 8.42 Å². The van der Waals surface area contributed by atoms with Crippen molar-refractivity contribution in [3.8, 4) is 0 Å². The van der Waals surface area contributed by atoms with Gasteiger partial charge in [0, 0.05) is 6.20 Å². The molecule has 2 heterocycles. The SMILES string of the molecule is CC(C)Cc1ccn(C2(C)CCS(=O)(=O)C2)n1. The summed E-state index contributed by atoms with van der Waals surface area (Å²) in [7, 11) is -2.88. The zero-order chi connectivity index (χ0) is 12.7. The molecule has 1 aliphatic rings. The van der Waals surface area contributed by atoms with E-state index in [9.17, 15) is 8.42 Å². The van der Waals surface area contributed by atoms with Gasteiger partial charge in [0.05, 0.1) is 22.7 Å². The summed E-state index contributed by atoms with van der Waals surface area (Å²) in [6.45, 7) is 6.28. The van der Waals surface area contributed by atoms with Crippen LogP contribution >= 0.6 is 0 Å². The summed E-state index contributed by atoms with van der Waals surface area (Å²) >= 11 is 0. The molecule has 1 atom stereocenters. The second-order valence-corrected chi connectivity index (χ2v) is 7.87. The first-order chi connectivity index (χ1) is 7.81. The van der Waals surface area contributed by atoms with Gasteiger partial charge in [0.25, 0.3) is 0 Å². The number of rotatable bonds is 3. The molecule has 1 aliphatic heterocycles. The average molecular weight is 256 g/mol. The van der Waals surface area contributed by atoms with Crippen molar-refractivity contribution in [1.82, 2.24) is 9.78 Å². The molecule has 0 bridgehead atoms. The molecule has 1 saturated heterocycles. The van der Waals surface area contributed by atoms with Crippen LogP contribution in [0.5, 0.6) is 0 Å². The maximum atomic E-state index is 11.6. The molecule has 0 aliphatic carbocycles. The van der Waals surface area contributed by atoms with Gasteiger partial charge in [-0.05, 0) is 31.7 Å². The van der Waals surface area contributed by atoms with Crippen LogP contribution in [0, 0.1) is 5.92 Å². The second kappa shape index (κ2) is 4.12. The molecule has 1 unspecified atom stereocenters. The van der Waals surface area contributed by atoms with Gasteiger partial charge in [-0.25, -0.2) is 8.42 Å². The van der Waals surface area contributed by atoms with Gasteiger partial charge in [0.1, 0.15) is 0 Å². The lowest BCUT2D eigenvalue weighted by molar-refractivity contribution is 0.326. The highest BCUT2D eigenvalue weighted by Crippen LogP contribution is 2.30. The van der Waals surface area contributed by atoms with E-state index >= 15 is 0 Å². The van der Waals surface area contributed by atoms with Crippen LogP contribution in [-0.4, -0.2) is 29.7 Å². The lowest BCUT2D eigenvalue weighted by Gasteiger charge is -2.22. The molecule has 1 fully saturated rings. The van der Waals surface area contributed by atoms with Crippen LogP contribution in [0.25, 0.3) is 0 Å². The van der Waals surface area contributed by atoms with Crippen molar-refractivity contribution in [3.63, 3.8) is 0 Å². The average Bonchev–Trinajstić information content (AvgIpc) is 2.71. The third-order valence-electron chi connectivity index (χ3n) is 3.30. The van der Waals surface area contributed by atoms with E-state index in [0.29, 0.717) is 12.3 Å². The van der Waals surface area contributed by atoms with E-state index in [1.807, 2.05) is 23.9 Å². The predicted octanol–water partition coefficient (Wildman–Crippen LogP) is 1.62. The molecule has 0 aromatic carbocycles. The largest absolute Gasteiger partial charge is 0.266 e. The highest BCUT2D eigenvalue weighted by atomic mass is 32.2. The smallest absolute Gasteiger partial charge is 0.152 e. The number of sulfone groups is 1. The van der Waals surface area contributed by atoms with Crippen LogP contribution < -0.4 is 0 Å². The van der Waals surface area contributed by atoms with Crippen molar-refractivity contribution in [2.75, 3.05) is 11.5 Å². The molecule has 96 valence electrons. The molecule has 1 aromatic heterocycles. The fourth-order valence-electron chi connectivity index (χ4n) is 2.36. The minimum Gasteiger partial charge on any atom is -0.266 e. The molecule has 0 amide bonds. The summed E-state index contributed by atoms with van der Waals surface area (Å²) in [5.41, 5.74) is 0.694. The Bertz CT molecular complexity index is 504. The number of aromatic nitrogens is 2. The van der Waals surface area contributed by atoms with Gasteiger partial charge in [-0.3, -0.25) is 4.68 Å². The van der Waals surface area contributed by atoms with Crippen LogP contribution in [0.15, 0.2) is 12.3 Å². The van der Waals surface area contributed by atoms with E-state index in [4.69, 9.17) is 0 Å². The van der Waals surface area contributed by atoms with Crippen molar-refractivity contribution in [2.45, 2.75) is 39.2 Å². The van der Waals surface area contributed by atoms with Gasteiger partial charge < -0.3 is 0 Å². The minimum absolute atomic E-state index is 0.211. The Morgan fingerprint density at radius 2 is 2.24 bits per heavy atom. The Hall–Kier alpha value is -0.840. The molecular formula is C12H20N2O2S. The van der Waals surface area contributed by atoms with E-state index in [-0.39, 0.29) is 17.0 Å². The molecule has 4 nitrogen and oxygen atoms in total. The zero-order valence-electron chi connectivity index (χ0n) is 10.7. The Kier molecular flexibility index (Phi) is 3.06. The van der Waals surface area contributed by atoms with Crippen molar-refractivity contribution in [1.29, 1.82) is 0 Å². The molecule has 0 saturated carbocycles. The van der Waals surface area contributed by atoms with E-state index in [2.05, 4.69) is 18.9 Å². The van der Waals surface area contributed by atoms with Crippen LogP contribution in [0.2, 0.25) is 0 Å². The van der Waals surface area contributed by atoms with Crippen LogP contribution in [-0.2, 0) is 21.8 Å². The highest BCUT2D eigenvalue weighted by Gasteiger charge is 2.40. The summed E-state index contributed by atoms with van der Waals surface area (Å²) < 4.78 is 25.0. The standard InChI is InChI=1S/C12H20N2O2S/c1-10(2)8-11-4-6-14(13-11)12(3)5-7-17(15,16)9-12/h4,6,10H,5,7-9H2,1-3H3. The highest BCUT2D eigenvalue weighted by molar-refractivity contribution is 7.91. The Balaban J connectivity index is 2.20. The van der Waals surface area contributed by atoms with E-state index in [1.54, 1.807) is 0 Å². The van der Waals surface area contributed by atoms with Crippen molar-refractivity contribution in [2.24, 2.45) is 5.92 Å². The molecule has 0 spiro atoms. The Morgan fingerprint density at radius 1 is 1.53 bits per heavy atom. The maximum absolute atomic E-state index is 11.6. The summed E-state index contributed by atoms with van der Waals surface area (Å²) in [5, 5.41) is 4.52. The first kappa shape index (κ1) is 12.6. The lowest BCUT2D eigenvalue weighted by atomic mass is 10.0. The first-order valence-corrected chi connectivity index (χ1v) is 7.88. The van der Waals surface area contributed by atoms with Gasteiger partial charge in [-0.1, -0.05) is 13.8 Å². The number of hydrogen-bond acceptors (Lipinski definition) is 3. The first-order valence-electron chi connectivity index (χ1n) is 6.06. The molecule has 2 rings (SSSR count). The Labute approximate surface area is 103 Å². The fourth-order valence-corrected chi connectivity index (χ4v) is 4.48. The summed E-state index contributed by atoms with van der Waals surface area (Å²) in [6, 6.07) is 2.00. The van der Waals surface area contributed by atoms with Crippen molar-refractivity contribution in [3.05, 3.63) is 18.0 Å². The summed E-state index contributed by atoms with van der Waals surface area (Å²) in [5.74, 6) is 1.06. The zero-order valence-corrected chi connectivity index (χ0v) is 11.5. The topological polar surface area (TPSA) is 52.0 Å². The maximum Gasteiger partial charge on any atom is 0.152 e. The van der Waals surface area contributed by atoms with E-state index in [1.165, 1.54) is 0 Å². The van der Waals surface area contributed by atoms with Gasteiger partial charge in [-0.15, -0.1) is 0 Å². The third kappa shape index (κ3) is 2.70. The number of nitrogens with zero attached hydrogens (tertiary/aromatic N) is 2. The quantitative estimate of drug-likeness (QED) is 0.825. The van der Waals surface area contributed by atoms with Crippen LogP contribution in [0.1, 0.15) is 32.9 Å². The van der Waals surface area contributed by atoms with Gasteiger partial charge >= 0.3 is 0 Å². The van der Waals surface area contributed by atoms with Crippen molar-refractivity contribution >= 4 is 9.84 Å². The molecular weight excluding hydrogens is 236 g/mol. The monoisotopic (exact) mass is 256 g/mol. The fraction of sp³-hybridized carbons (Fsp3) is 0.750. The molecule has 0 radical (unpaired) electrons. The second-order valence-electron chi connectivity index (χ2n) is 5.69. The van der Waals surface area contributed by atoms with Crippen LogP contribution in [0.3, 0.4) is 0 Å². The lowest BCUT2D eigenvalue weighted by Crippen LogP contribution is -2.32. The minimum atomic E-state index is -2.88. The molecule has 1 aromatic rings. The van der Waals surface area contributed by atoms with E-state index < -0.39 is 9.84 Å². The van der Waals surface area contributed by atoms with Gasteiger partial charge in [0.2, 0.25) is 0 Å². The Morgan fingerprint density at radius 3 is 2.76 bits per heavy atom. The summed E-state index contributed by atoms with van der Waals surface area (Å²) in [6.07, 6.45) is 3.52. The van der Waals surface area contributed by atoms with Gasteiger partial charge in [0.15, 0.2) is 9.84 Å².